The Balaban J connectivity index is 1.39. The first-order valence-corrected chi connectivity index (χ1v) is 13.3. The Morgan fingerprint density at radius 1 is 0.868 bits per heavy atom. The minimum absolute atomic E-state index is 0.202. The summed E-state index contributed by atoms with van der Waals surface area (Å²) in [6, 6.07) is 21.5. The number of nitrogens with zero attached hydrogens (tertiary/aromatic N) is 6. The fraction of sp³-hybridized carbons (Fsp3) is 0.414. The van der Waals surface area contributed by atoms with E-state index in [1.165, 1.54) is 22.7 Å². The maximum Gasteiger partial charge on any atom is 0.332 e. The van der Waals surface area contributed by atoms with Gasteiger partial charge in [0.25, 0.3) is 5.56 Å². The van der Waals surface area contributed by atoms with Crippen LogP contribution in [0.25, 0.3) is 11.2 Å². The first kappa shape index (κ1) is 26.1. The summed E-state index contributed by atoms with van der Waals surface area (Å²) in [5.41, 5.74) is 2.78. The molecule has 2 aromatic heterocycles. The fourth-order valence-electron chi connectivity index (χ4n) is 5.42. The normalized spacial score (nSPS) is 15.1. The smallest absolute Gasteiger partial charge is 0.332 e. The van der Waals surface area contributed by atoms with Crippen LogP contribution in [0.2, 0.25) is 0 Å². The molecule has 9 nitrogen and oxygen atoms in total. The van der Waals surface area contributed by atoms with Crippen LogP contribution in [0.5, 0.6) is 0 Å². The molecule has 2 aromatic carbocycles. The molecule has 4 aromatic rings. The van der Waals surface area contributed by atoms with Crippen molar-refractivity contribution in [1.82, 2.24) is 28.5 Å². The van der Waals surface area contributed by atoms with Crippen LogP contribution in [-0.4, -0.2) is 67.9 Å². The van der Waals surface area contributed by atoms with Crippen LogP contribution in [0, 0.1) is 0 Å². The van der Waals surface area contributed by atoms with Gasteiger partial charge >= 0.3 is 5.69 Å². The zero-order valence-corrected chi connectivity index (χ0v) is 22.4. The maximum absolute atomic E-state index is 13.1. The SMILES string of the molecule is CCOCCn1c(CN2CCN(C(c3ccccc3)c3ccccc3)CC2)nc2c1c(=O)n(C)c(=O)n2C. The lowest BCUT2D eigenvalue weighted by Crippen LogP contribution is -2.47. The van der Waals surface area contributed by atoms with Gasteiger partial charge in [-0.05, 0) is 18.1 Å². The van der Waals surface area contributed by atoms with Gasteiger partial charge in [0.15, 0.2) is 11.2 Å². The lowest BCUT2D eigenvalue weighted by molar-refractivity contribution is 0.101. The Morgan fingerprint density at radius 3 is 2.05 bits per heavy atom. The maximum atomic E-state index is 13.1. The quantitative estimate of drug-likeness (QED) is 0.318. The topological polar surface area (TPSA) is 77.5 Å². The molecule has 0 bridgehead atoms. The van der Waals surface area contributed by atoms with E-state index < -0.39 is 0 Å². The molecule has 200 valence electrons. The lowest BCUT2D eigenvalue weighted by Gasteiger charge is -2.39. The minimum atomic E-state index is -0.370. The Hall–Kier alpha value is -3.53. The van der Waals surface area contributed by atoms with Crippen molar-refractivity contribution < 1.29 is 4.74 Å². The molecule has 0 aliphatic carbocycles. The number of hydrogen-bond acceptors (Lipinski definition) is 6. The van der Waals surface area contributed by atoms with Crippen molar-refractivity contribution in [3.8, 4) is 0 Å². The van der Waals surface area contributed by atoms with Gasteiger partial charge in [0.2, 0.25) is 0 Å². The van der Waals surface area contributed by atoms with E-state index in [-0.39, 0.29) is 17.3 Å². The number of aryl methyl sites for hydroxylation is 1. The molecular weight excluding hydrogens is 480 g/mol. The molecule has 0 atom stereocenters. The monoisotopic (exact) mass is 516 g/mol. The summed E-state index contributed by atoms with van der Waals surface area (Å²) in [6.07, 6.45) is 0. The van der Waals surface area contributed by atoms with Crippen LogP contribution < -0.4 is 11.2 Å². The van der Waals surface area contributed by atoms with Crippen LogP contribution in [-0.2, 0) is 31.9 Å². The number of imidazole rings is 1. The first-order chi connectivity index (χ1) is 18.5. The second-order valence-corrected chi connectivity index (χ2v) is 9.79. The number of fused-ring (bicyclic) bond motifs is 1. The van der Waals surface area contributed by atoms with Gasteiger partial charge < -0.3 is 9.30 Å². The average Bonchev–Trinajstić information content (AvgIpc) is 3.31. The molecule has 1 aliphatic rings. The van der Waals surface area contributed by atoms with E-state index in [0.717, 1.165) is 36.6 Å². The predicted molar refractivity (Wildman–Crippen MR) is 148 cm³/mol. The molecule has 0 N–H and O–H groups in total. The Bertz CT molecular complexity index is 1440. The second-order valence-electron chi connectivity index (χ2n) is 9.79. The Kier molecular flexibility index (Phi) is 7.87. The standard InChI is InChI=1S/C29H36N6O3/c1-4-38-20-19-35-24(30-27-26(35)28(36)32(3)29(37)31(27)2)21-33-15-17-34(18-16-33)25(22-11-7-5-8-12-22)23-13-9-6-10-14-23/h5-14,25H,4,15-21H2,1-3H3. The van der Waals surface area contributed by atoms with Gasteiger partial charge in [-0.2, -0.15) is 0 Å². The summed E-state index contributed by atoms with van der Waals surface area (Å²) in [6.45, 7) is 7.72. The molecule has 0 saturated carbocycles. The molecule has 38 heavy (non-hydrogen) atoms. The Morgan fingerprint density at radius 2 is 1.47 bits per heavy atom. The summed E-state index contributed by atoms with van der Waals surface area (Å²) in [7, 11) is 3.18. The third kappa shape index (κ3) is 5.09. The highest BCUT2D eigenvalue weighted by atomic mass is 16.5. The largest absolute Gasteiger partial charge is 0.380 e. The molecule has 1 fully saturated rings. The van der Waals surface area contributed by atoms with E-state index in [4.69, 9.17) is 9.72 Å². The van der Waals surface area contributed by atoms with Gasteiger partial charge in [-0.3, -0.25) is 23.7 Å². The summed E-state index contributed by atoms with van der Waals surface area (Å²) in [4.78, 5) is 35.3. The van der Waals surface area contributed by atoms with Gasteiger partial charge in [-0.1, -0.05) is 60.7 Å². The zero-order chi connectivity index (χ0) is 26.6. The third-order valence-electron chi connectivity index (χ3n) is 7.46. The highest BCUT2D eigenvalue weighted by Gasteiger charge is 2.28. The lowest BCUT2D eigenvalue weighted by atomic mass is 9.96. The van der Waals surface area contributed by atoms with Crippen molar-refractivity contribution in [2.45, 2.75) is 26.1 Å². The van der Waals surface area contributed by atoms with Crippen LogP contribution >= 0.6 is 0 Å². The van der Waals surface area contributed by atoms with Gasteiger partial charge in [-0.25, -0.2) is 9.78 Å². The second kappa shape index (κ2) is 11.5. The van der Waals surface area contributed by atoms with Crippen LogP contribution in [0.15, 0.2) is 70.3 Å². The molecule has 0 radical (unpaired) electrons. The molecule has 0 amide bonds. The number of aromatic nitrogens is 4. The zero-order valence-electron chi connectivity index (χ0n) is 22.4. The van der Waals surface area contributed by atoms with Crippen molar-refractivity contribution in [2.75, 3.05) is 39.4 Å². The molecule has 1 aliphatic heterocycles. The molecule has 1 saturated heterocycles. The van der Waals surface area contributed by atoms with Crippen LogP contribution in [0.3, 0.4) is 0 Å². The molecule has 9 heteroatoms. The first-order valence-electron chi connectivity index (χ1n) is 13.3. The fourth-order valence-corrected chi connectivity index (χ4v) is 5.42. The van der Waals surface area contributed by atoms with Crippen molar-refractivity contribution in [3.63, 3.8) is 0 Å². The van der Waals surface area contributed by atoms with Gasteiger partial charge in [0.1, 0.15) is 5.82 Å². The number of benzene rings is 2. The Labute approximate surface area is 222 Å². The van der Waals surface area contributed by atoms with E-state index >= 15 is 0 Å². The van der Waals surface area contributed by atoms with Gasteiger partial charge in [0, 0.05) is 53.4 Å². The van der Waals surface area contributed by atoms with E-state index in [1.54, 1.807) is 7.05 Å². The summed E-state index contributed by atoms with van der Waals surface area (Å²) in [5, 5.41) is 0. The highest BCUT2D eigenvalue weighted by Crippen LogP contribution is 2.29. The van der Waals surface area contributed by atoms with E-state index in [0.29, 0.717) is 37.5 Å². The summed E-state index contributed by atoms with van der Waals surface area (Å²) >= 11 is 0. The number of piperazine rings is 1. The van der Waals surface area contributed by atoms with Crippen molar-refractivity contribution in [3.05, 3.63) is 98.5 Å². The van der Waals surface area contributed by atoms with Crippen molar-refractivity contribution in [1.29, 1.82) is 0 Å². The summed E-state index contributed by atoms with van der Waals surface area (Å²) in [5.74, 6) is 0.786. The molecular formula is C29H36N6O3. The van der Waals surface area contributed by atoms with Crippen molar-refractivity contribution >= 4 is 11.2 Å². The van der Waals surface area contributed by atoms with Crippen LogP contribution in [0.1, 0.15) is 29.9 Å². The van der Waals surface area contributed by atoms with Gasteiger partial charge in [0.05, 0.1) is 19.2 Å². The minimum Gasteiger partial charge on any atom is -0.380 e. The number of ether oxygens (including phenoxy) is 1. The average molecular weight is 517 g/mol. The third-order valence-corrected chi connectivity index (χ3v) is 7.46. The van der Waals surface area contributed by atoms with Crippen LogP contribution in [0.4, 0.5) is 0 Å². The highest BCUT2D eigenvalue weighted by molar-refractivity contribution is 5.71. The molecule has 0 unspecified atom stereocenters. The summed E-state index contributed by atoms with van der Waals surface area (Å²) < 4.78 is 10.2. The van der Waals surface area contributed by atoms with E-state index in [9.17, 15) is 9.59 Å². The molecule has 0 spiro atoms. The number of rotatable bonds is 9. The number of hydrogen-bond donors (Lipinski definition) is 0. The molecule has 5 rings (SSSR count). The van der Waals surface area contributed by atoms with E-state index in [1.807, 2.05) is 11.5 Å². The predicted octanol–water partition coefficient (Wildman–Crippen LogP) is 2.38. The van der Waals surface area contributed by atoms with E-state index in [2.05, 4.69) is 70.5 Å². The molecule has 3 heterocycles. The van der Waals surface area contributed by atoms with Gasteiger partial charge in [-0.15, -0.1) is 0 Å². The van der Waals surface area contributed by atoms with Crippen molar-refractivity contribution in [2.24, 2.45) is 14.1 Å².